The Morgan fingerprint density at radius 3 is 2.32 bits per heavy atom. The summed E-state index contributed by atoms with van der Waals surface area (Å²) in [7, 11) is 0. The molecule has 1 unspecified atom stereocenters. The molecule has 0 spiro atoms. The van der Waals surface area contributed by atoms with Gasteiger partial charge in [0.1, 0.15) is 17.2 Å². The lowest BCUT2D eigenvalue weighted by molar-refractivity contribution is -0.145. The quantitative estimate of drug-likeness (QED) is 0.282. The number of ether oxygens (including phenoxy) is 1. The maximum absolute atomic E-state index is 12.0. The smallest absolute Gasteiger partial charge is 0.349 e. The largest absolute Gasteiger partial charge is 0.478 e. The van der Waals surface area contributed by atoms with Gasteiger partial charge in [0.2, 0.25) is 12.0 Å². The highest BCUT2D eigenvalue weighted by molar-refractivity contribution is 7.13. The van der Waals surface area contributed by atoms with E-state index in [1.807, 2.05) is 72.1 Å². The van der Waals surface area contributed by atoms with Crippen LogP contribution in [-0.4, -0.2) is 16.1 Å². The molecule has 0 aliphatic heterocycles. The molecule has 0 aliphatic rings. The van der Waals surface area contributed by atoms with Gasteiger partial charge in [-0.3, -0.25) is 0 Å². The summed E-state index contributed by atoms with van der Waals surface area (Å²) < 4.78 is 12.0. The van der Waals surface area contributed by atoms with Crippen LogP contribution in [0.5, 0.6) is 5.88 Å². The third-order valence-electron chi connectivity index (χ3n) is 5.28. The molecule has 0 fully saturated rings. The van der Waals surface area contributed by atoms with E-state index in [0.29, 0.717) is 28.3 Å². The van der Waals surface area contributed by atoms with Crippen LogP contribution in [-0.2, 0) is 4.79 Å². The summed E-state index contributed by atoms with van der Waals surface area (Å²) in [6.07, 6.45) is -1.26. The molecule has 34 heavy (non-hydrogen) atoms. The fourth-order valence-corrected chi connectivity index (χ4v) is 4.30. The standard InChI is InChI=1S/C27H20N2O4S/c28-24-19(22-14-13-21(32-22)17-8-3-1-4-9-17)16-20(23-12-7-15-34-23)29-26(24)33-25(27(30)31)18-10-5-2-6-11-18/h1-16,25H,28H2,(H,30,31). The Labute approximate surface area is 199 Å². The van der Waals surface area contributed by atoms with Gasteiger partial charge >= 0.3 is 5.97 Å². The summed E-state index contributed by atoms with van der Waals surface area (Å²) in [5, 5.41) is 11.8. The number of carboxylic acid groups (broad SMARTS) is 1. The lowest BCUT2D eigenvalue weighted by Gasteiger charge is -2.18. The molecule has 168 valence electrons. The van der Waals surface area contributed by atoms with Crippen molar-refractivity contribution in [1.82, 2.24) is 4.98 Å². The summed E-state index contributed by atoms with van der Waals surface area (Å²) in [6.45, 7) is 0. The first-order valence-corrected chi connectivity index (χ1v) is 11.4. The van der Waals surface area contributed by atoms with Crippen molar-refractivity contribution in [2.75, 3.05) is 5.73 Å². The van der Waals surface area contributed by atoms with Gasteiger partial charge in [-0.2, -0.15) is 0 Å². The predicted molar refractivity (Wildman–Crippen MR) is 133 cm³/mol. The van der Waals surface area contributed by atoms with Gasteiger partial charge in [-0.1, -0.05) is 66.7 Å². The van der Waals surface area contributed by atoms with Crippen molar-refractivity contribution in [1.29, 1.82) is 0 Å². The number of nitrogen functional groups attached to an aromatic ring is 1. The molecule has 5 rings (SSSR count). The first-order chi connectivity index (χ1) is 16.6. The van der Waals surface area contributed by atoms with Crippen LogP contribution in [0.2, 0.25) is 0 Å². The van der Waals surface area contributed by atoms with Crippen LogP contribution in [0.3, 0.4) is 0 Å². The van der Waals surface area contributed by atoms with Crippen molar-refractivity contribution in [2.45, 2.75) is 6.10 Å². The maximum atomic E-state index is 12.0. The molecule has 0 amide bonds. The summed E-state index contributed by atoms with van der Waals surface area (Å²) in [6, 6.07) is 27.8. The molecule has 1 atom stereocenters. The molecule has 5 aromatic rings. The fraction of sp³-hybridized carbons (Fsp3) is 0.0370. The number of aromatic nitrogens is 1. The average Bonchev–Trinajstić information content (AvgIpc) is 3.57. The Bertz CT molecular complexity index is 1410. The van der Waals surface area contributed by atoms with Gasteiger partial charge in [0.05, 0.1) is 10.6 Å². The molecule has 6 nitrogen and oxygen atoms in total. The number of anilines is 1. The molecule has 0 aliphatic carbocycles. The van der Waals surface area contributed by atoms with Crippen molar-refractivity contribution in [3.8, 4) is 39.1 Å². The second kappa shape index (κ2) is 9.25. The number of benzene rings is 2. The zero-order chi connectivity index (χ0) is 23.5. The molecular weight excluding hydrogens is 448 g/mol. The third-order valence-corrected chi connectivity index (χ3v) is 6.18. The van der Waals surface area contributed by atoms with E-state index in [1.165, 1.54) is 11.3 Å². The van der Waals surface area contributed by atoms with E-state index in [9.17, 15) is 9.90 Å². The van der Waals surface area contributed by atoms with Gasteiger partial charge in [0.15, 0.2) is 0 Å². The number of hydrogen-bond acceptors (Lipinski definition) is 6. The SMILES string of the molecule is Nc1c(-c2ccc(-c3ccccc3)o2)cc(-c2cccs2)nc1OC(C(=O)O)c1ccccc1. The normalized spacial score (nSPS) is 11.8. The monoisotopic (exact) mass is 468 g/mol. The van der Waals surface area contributed by atoms with Crippen molar-refractivity contribution in [3.63, 3.8) is 0 Å². The Hall–Kier alpha value is -4.36. The van der Waals surface area contributed by atoms with Crippen LogP contribution < -0.4 is 10.5 Å². The first-order valence-electron chi connectivity index (χ1n) is 10.5. The summed E-state index contributed by atoms with van der Waals surface area (Å²) in [4.78, 5) is 17.5. The van der Waals surface area contributed by atoms with Crippen molar-refractivity contribution < 1.29 is 19.1 Å². The van der Waals surface area contributed by atoms with E-state index >= 15 is 0 Å². The molecule has 3 N–H and O–H groups in total. The van der Waals surface area contributed by atoms with Crippen molar-refractivity contribution in [3.05, 3.63) is 102 Å². The van der Waals surface area contributed by atoms with Crippen molar-refractivity contribution >= 4 is 23.0 Å². The summed E-state index contributed by atoms with van der Waals surface area (Å²) in [5.74, 6) is 0.127. The van der Waals surface area contributed by atoms with Gasteiger partial charge in [0, 0.05) is 16.7 Å². The molecule has 3 aromatic heterocycles. The lowest BCUT2D eigenvalue weighted by atomic mass is 10.1. The van der Waals surface area contributed by atoms with E-state index in [0.717, 1.165) is 10.4 Å². The molecule has 0 bridgehead atoms. The molecule has 0 saturated heterocycles. The number of thiophene rings is 1. The molecule has 7 heteroatoms. The van der Waals surface area contributed by atoms with Crippen molar-refractivity contribution in [2.24, 2.45) is 0 Å². The molecule has 0 saturated carbocycles. The Morgan fingerprint density at radius 1 is 0.941 bits per heavy atom. The second-order valence-electron chi connectivity index (χ2n) is 7.53. The zero-order valence-corrected chi connectivity index (χ0v) is 18.7. The van der Waals surface area contributed by atoms with Crippen LogP contribution in [0, 0.1) is 0 Å². The highest BCUT2D eigenvalue weighted by atomic mass is 32.1. The van der Waals surface area contributed by atoms with E-state index in [2.05, 4.69) is 4.98 Å². The van der Waals surface area contributed by atoms with Crippen LogP contribution in [0.25, 0.3) is 33.2 Å². The number of aliphatic carboxylic acids is 1. The Morgan fingerprint density at radius 2 is 1.65 bits per heavy atom. The van der Waals surface area contributed by atoms with Crippen LogP contribution in [0.4, 0.5) is 5.69 Å². The minimum Gasteiger partial charge on any atom is -0.478 e. The molecule has 2 aromatic carbocycles. The fourth-order valence-electron chi connectivity index (χ4n) is 3.62. The summed E-state index contributed by atoms with van der Waals surface area (Å²) in [5.41, 5.74) is 9.30. The average molecular weight is 469 g/mol. The number of rotatable bonds is 7. The van der Waals surface area contributed by atoms with E-state index in [4.69, 9.17) is 14.9 Å². The van der Waals surface area contributed by atoms with Gasteiger partial charge in [-0.05, 0) is 29.6 Å². The van der Waals surface area contributed by atoms with Crippen LogP contribution in [0.15, 0.2) is 101 Å². The highest BCUT2D eigenvalue weighted by Gasteiger charge is 2.26. The summed E-state index contributed by atoms with van der Waals surface area (Å²) >= 11 is 1.51. The topological polar surface area (TPSA) is 98.6 Å². The number of carbonyl (C=O) groups is 1. The minimum atomic E-state index is -1.26. The number of hydrogen-bond donors (Lipinski definition) is 2. The van der Waals surface area contributed by atoms with Gasteiger partial charge in [0.25, 0.3) is 0 Å². The van der Waals surface area contributed by atoms with Crippen LogP contribution >= 0.6 is 11.3 Å². The lowest BCUT2D eigenvalue weighted by Crippen LogP contribution is -2.19. The highest BCUT2D eigenvalue weighted by Crippen LogP contribution is 2.40. The number of furan rings is 1. The van der Waals surface area contributed by atoms with Gasteiger partial charge < -0.3 is 20.0 Å². The maximum Gasteiger partial charge on any atom is 0.349 e. The number of nitrogens with zero attached hydrogens (tertiary/aromatic N) is 1. The van der Waals surface area contributed by atoms with E-state index in [1.54, 1.807) is 24.3 Å². The first kappa shape index (κ1) is 21.5. The molecule has 0 radical (unpaired) electrons. The Kier molecular flexibility index (Phi) is 5.84. The minimum absolute atomic E-state index is 0.0369. The number of pyridine rings is 1. The number of carboxylic acids is 1. The van der Waals surface area contributed by atoms with Gasteiger partial charge in [-0.15, -0.1) is 11.3 Å². The molecule has 3 heterocycles. The Balaban J connectivity index is 1.60. The van der Waals surface area contributed by atoms with E-state index < -0.39 is 12.1 Å². The van der Waals surface area contributed by atoms with Gasteiger partial charge in [-0.25, -0.2) is 9.78 Å². The second-order valence-corrected chi connectivity index (χ2v) is 8.48. The number of nitrogens with two attached hydrogens (primary N) is 1. The van der Waals surface area contributed by atoms with Crippen LogP contribution in [0.1, 0.15) is 11.7 Å². The zero-order valence-electron chi connectivity index (χ0n) is 17.9. The van der Waals surface area contributed by atoms with E-state index in [-0.39, 0.29) is 11.6 Å². The predicted octanol–water partition coefficient (Wildman–Crippen LogP) is 6.52. The molecular formula is C27H20N2O4S. The third kappa shape index (κ3) is 4.29.